The number of carbonyl (C=O) groups excluding carboxylic acids is 1. The zero-order valence-electron chi connectivity index (χ0n) is 20.6. The molecule has 0 saturated carbocycles. The van der Waals surface area contributed by atoms with Crippen LogP contribution in [-0.4, -0.2) is 51.9 Å². The monoisotopic (exact) mass is 451 g/mol. The first kappa shape index (κ1) is 23.4. The number of rotatable bonds is 8. The lowest BCUT2D eigenvalue weighted by atomic mass is 9.95. The summed E-state index contributed by atoms with van der Waals surface area (Å²) in [4.78, 5) is 15.2. The molecule has 0 aliphatic carbocycles. The molecule has 1 aliphatic rings. The molecule has 1 aliphatic heterocycles. The first-order chi connectivity index (χ1) is 15.9. The van der Waals surface area contributed by atoms with E-state index in [2.05, 4.69) is 66.0 Å². The highest BCUT2D eigenvalue weighted by Crippen LogP contribution is 2.28. The van der Waals surface area contributed by atoms with Gasteiger partial charge in [0.25, 0.3) is 0 Å². The minimum absolute atomic E-state index is 0.106. The highest BCUT2D eigenvalue weighted by molar-refractivity contribution is 5.85. The van der Waals surface area contributed by atoms with E-state index in [-0.39, 0.29) is 11.8 Å². The minimum atomic E-state index is 0.106. The molecule has 0 bridgehead atoms. The van der Waals surface area contributed by atoms with Crippen molar-refractivity contribution in [3.05, 3.63) is 46.9 Å². The number of carbonyl (C=O) groups is 1. The lowest BCUT2D eigenvalue weighted by Crippen LogP contribution is -2.40. The summed E-state index contributed by atoms with van der Waals surface area (Å²) in [7, 11) is 3.80. The fourth-order valence-corrected chi connectivity index (χ4v) is 5.16. The predicted octanol–water partition coefficient (Wildman–Crippen LogP) is 3.59. The van der Waals surface area contributed by atoms with Crippen molar-refractivity contribution in [3.8, 4) is 5.75 Å². The van der Waals surface area contributed by atoms with E-state index in [1.807, 2.05) is 10.7 Å². The summed E-state index contributed by atoms with van der Waals surface area (Å²) in [5.41, 5.74) is 6.08. The van der Waals surface area contributed by atoms with Crippen molar-refractivity contribution in [1.29, 1.82) is 0 Å². The van der Waals surface area contributed by atoms with Gasteiger partial charge in [0.15, 0.2) is 0 Å². The second kappa shape index (κ2) is 10.00. The normalized spacial score (nSPS) is 15.3. The van der Waals surface area contributed by atoms with E-state index in [0.29, 0.717) is 6.54 Å². The Morgan fingerprint density at radius 2 is 2.00 bits per heavy atom. The van der Waals surface area contributed by atoms with Gasteiger partial charge < -0.3 is 14.6 Å². The van der Waals surface area contributed by atoms with Crippen molar-refractivity contribution < 1.29 is 9.53 Å². The van der Waals surface area contributed by atoms with Crippen LogP contribution in [0.15, 0.2) is 24.4 Å². The van der Waals surface area contributed by atoms with Crippen LogP contribution >= 0.6 is 0 Å². The van der Waals surface area contributed by atoms with Crippen molar-refractivity contribution in [2.75, 3.05) is 26.7 Å². The number of piperidine rings is 1. The Hall–Kier alpha value is -2.80. The van der Waals surface area contributed by atoms with Crippen LogP contribution in [0.1, 0.15) is 42.3 Å². The molecule has 0 spiro atoms. The lowest BCUT2D eigenvalue weighted by molar-refractivity contribution is -0.126. The molecule has 0 radical (unpaired) electrons. The van der Waals surface area contributed by atoms with Gasteiger partial charge in [-0.15, -0.1) is 0 Å². The molecular weight excluding hydrogens is 414 g/mol. The number of benzene rings is 1. The van der Waals surface area contributed by atoms with Gasteiger partial charge in [-0.1, -0.05) is 0 Å². The van der Waals surface area contributed by atoms with Crippen LogP contribution in [0.2, 0.25) is 0 Å². The fourth-order valence-electron chi connectivity index (χ4n) is 5.16. The standard InChI is InChI=1S/C26H37N5O2/c1-6-31-19(3)23(18(2)28-31)9-12-27-26(32)20-10-13-30(14-11-20)17-21-16-29(4)25-8-7-22(33-5)15-24(21)25/h7-8,15-16,20H,6,9-14,17H2,1-5H3,(H,27,32). The van der Waals surface area contributed by atoms with Gasteiger partial charge in [-0.3, -0.25) is 14.4 Å². The van der Waals surface area contributed by atoms with Gasteiger partial charge in [-0.2, -0.15) is 5.10 Å². The largest absolute Gasteiger partial charge is 0.497 e. The van der Waals surface area contributed by atoms with E-state index < -0.39 is 0 Å². The summed E-state index contributed by atoms with van der Waals surface area (Å²) >= 11 is 0. The highest BCUT2D eigenvalue weighted by Gasteiger charge is 2.25. The molecule has 3 aromatic rings. The summed E-state index contributed by atoms with van der Waals surface area (Å²) in [5, 5.41) is 9.00. The molecule has 178 valence electrons. The van der Waals surface area contributed by atoms with Crippen LogP contribution in [0.3, 0.4) is 0 Å². The quantitative estimate of drug-likeness (QED) is 0.569. The van der Waals surface area contributed by atoms with E-state index in [0.717, 1.165) is 56.9 Å². The maximum atomic E-state index is 12.8. The zero-order chi connectivity index (χ0) is 23.5. The van der Waals surface area contributed by atoms with Gasteiger partial charge >= 0.3 is 0 Å². The van der Waals surface area contributed by atoms with Gasteiger partial charge in [-0.05, 0) is 82.4 Å². The molecule has 0 unspecified atom stereocenters. The van der Waals surface area contributed by atoms with Gasteiger partial charge in [0.1, 0.15) is 5.75 Å². The Labute approximate surface area is 196 Å². The number of ether oxygens (including phenoxy) is 1. The molecule has 33 heavy (non-hydrogen) atoms. The second-order valence-corrected chi connectivity index (χ2v) is 9.20. The van der Waals surface area contributed by atoms with E-state index in [9.17, 15) is 4.79 Å². The molecule has 1 aromatic carbocycles. The number of nitrogens with one attached hydrogen (secondary N) is 1. The fraction of sp³-hybridized carbons (Fsp3) is 0.538. The molecule has 7 heteroatoms. The lowest BCUT2D eigenvalue weighted by Gasteiger charge is -2.31. The van der Waals surface area contributed by atoms with Crippen LogP contribution in [0, 0.1) is 19.8 Å². The predicted molar refractivity (Wildman–Crippen MR) is 132 cm³/mol. The number of aryl methyl sites for hydroxylation is 3. The zero-order valence-corrected chi connectivity index (χ0v) is 20.6. The third-order valence-corrected chi connectivity index (χ3v) is 7.14. The third-order valence-electron chi connectivity index (χ3n) is 7.14. The summed E-state index contributed by atoms with van der Waals surface area (Å²) in [6.45, 7) is 10.6. The first-order valence-electron chi connectivity index (χ1n) is 12.1. The molecule has 7 nitrogen and oxygen atoms in total. The molecular formula is C26H37N5O2. The number of fused-ring (bicyclic) bond motifs is 1. The van der Waals surface area contributed by atoms with Crippen molar-refractivity contribution in [2.24, 2.45) is 13.0 Å². The molecule has 3 heterocycles. The number of likely N-dealkylation sites (tertiary alicyclic amines) is 1. The van der Waals surface area contributed by atoms with Crippen LogP contribution < -0.4 is 10.1 Å². The van der Waals surface area contributed by atoms with Crippen LogP contribution in [-0.2, 0) is 31.4 Å². The number of amides is 1. The number of hydrogen-bond donors (Lipinski definition) is 1. The van der Waals surface area contributed by atoms with Crippen LogP contribution in [0.4, 0.5) is 0 Å². The Bertz CT molecular complexity index is 1120. The molecule has 1 N–H and O–H groups in total. The first-order valence-corrected chi connectivity index (χ1v) is 12.1. The van der Waals surface area contributed by atoms with E-state index in [1.54, 1.807) is 7.11 Å². The van der Waals surface area contributed by atoms with Crippen molar-refractivity contribution in [3.63, 3.8) is 0 Å². The van der Waals surface area contributed by atoms with Crippen molar-refractivity contribution >= 4 is 16.8 Å². The third kappa shape index (κ3) is 4.93. The smallest absolute Gasteiger partial charge is 0.223 e. The summed E-state index contributed by atoms with van der Waals surface area (Å²) in [6, 6.07) is 6.25. The highest BCUT2D eigenvalue weighted by atomic mass is 16.5. The second-order valence-electron chi connectivity index (χ2n) is 9.20. The van der Waals surface area contributed by atoms with Gasteiger partial charge in [0.05, 0.1) is 12.8 Å². The maximum absolute atomic E-state index is 12.8. The molecule has 1 fully saturated rings. The molecule has 1 saturated heterocycles. The van der Waals surface area contributed by atoms with Gasteiger partial charge in [0, 0.05) is 55.4 Å². The van der Waals surface area contributed by atoms with Crippen molar-refractivity contribution in [2.45, 2.75) is 53.1 Å². The summed E-state index contributed by atoms with van der Waals surface area (Å²) in [6.07, 6.45) is 4.87. The Morgan fingerprint density at radius 3 is 2.67 bits per heavy atom. The maximum Gasteiger partial charge on any atom is 0.223 e. The van der Waals surface area contributed by atoms with E-state index >= 15 is 0 Å². The van der Waals surface area contributed by atoms with E-state index in [4.69, 9.17) is 4.74 Å². The van der Waals surface area contributed by atoms with Crippen LogP contribution in [0.25, 0.3) is 10.9 Å². The summed E-state index contributed by atoms with van der Waals surface area (Å²) in [5.74, 6) is 1.19. The molecule has 0 atom stereocenters. The Morgan fingerprint density at radius 1 is 1.24 bits per heavy atom. The van der Waals surface area contributed by atoms with Gasteiger partial charge in [0.2, 0.25) is 5.91 Å². The number of methoxy groups -OCH3 is 1. The van der Waals surface area contributed by atoms with E-state index in [1.165, 1.54) is 27.7 Å². The Kier molecular flexibility index (Phi) is 7.08. The number of aromatic nitrogens is 3. The minimum Gasteiger partial charge on any atom is -0.497 e. The number of nitrogens with zero attached hydrogens (tertiary/aromatic N) is 4. The summed E-state index contributed by atoms with van der Waals surface area (Å²) < 4.78 is 9.64. The average Bonchev–Trinajstić information content (AvgIpc) is 3.28. The van der Waals surface area contributed by atoms with Crippen molar-refractivity contribution in [1.82, 2.24) is 24.6 Å². The SMILES string of the molecule is CCn1nc(C)c(CCNC(=O)C2CCN(Cc3cn(C)c4ccc(OC)cc34)CC2)c1C. The molecule has 1 amide bonds. The average molecular weight is 452 g/mol. The van der Waals surface area contributed by atoms with Gasteiger partial charge in [-0.25, -0.2) is 0 Å². The molecule has 4 rings (SSSR count). The topological polar surface area (TPSA) is 64.3 Å². The number of hydrogen-bond acceptors (Lipinski definition) is 4. The van der Waals surface area contributed by atoms with Crippen LogP contribution in [0.5, 0.6) is 5.75 Å². The Balaban J connectivity index is 1.28. The molecule has 2 aromatic heterocycles.